The molecule has 0 unspecified atom stereocenters. The van der Waals surface area contributed by atoms with Gasteiger partial charge in [-0.25, -0.2) is 14.8 Å². The Morgan fingerprint density at radius 3 is 2.79 bits per heavy atom. The monoisotopic (exact) mass is 347 g/mol. The van der Waals surface area contributed by atoms with Crippen molar-refractivity contribution in [3.63, 3.8) is 0 Å². The van der Waals surface area contributed by atoms with Crippen LogP contribution in [0.2, 0.25) is 0 Å². The third-order valence-corrected chi connectivity index (χ3v) is 5.25. The summed E-state index contributed by atoms with van der Waals surface area (Å²) in [6, 6.07) is 0.437. The average molecular weight is 347 g/mol. The van der Waals surface area contributed by atoms with Gasteiger partial charge in [-0.2, -0.15) is 0 Å². The van der Waals surface area contributed by atoms with Crippen LogP contribution in [0.5, 0.6) is 0 Å². The molecule has 0 spiro atoms. The van der Waals surface area contributed by atoms with Crippen molar-refractivity contribution in [2.45, 2.75) is 46.1 Å². The van der Waals surface area contributed by atoms with Gasteiger partial charge in [0, 0.05) is 31.5 Å². The van der Waals surface area contributed by atoms with Gasteiger partial charge in [-0.05, 0) is 32.1 Å². The number of anilines is 1. The van der Waals surface area contributed by atoms with Gasteiger partial charge in [0.2, 0.25) is 0 Å². The van der Waals surface area contributed by atoms with E-state index in [-0.39, 0.29) is 6.03 Å². The predicted molar refractivity (Wildman–Crippen MR) is 96.5 cm³/mol. The lowest BCUT2D eigenvalue weighted by molar-refractivity contribution is 0.184. The van der Waals surface area contributed by atoms with Gasteiger partial charge in [0.05, 0.1) is 17.0 Å². The third-order valence-electron chi connectivity index (χ3n) is 4.32. The molecule has 2 aromatic heterocycles. The molecule has 1 N–H and O–H groups in total. The summed E-state index contributed by atoms with van der Waals surface area (Å²) in [5.74, 6) is 0.521. The molecule has 6 nitrogen and oxygen atoms in total. The number of urea groups is 1. The van der Waals surface area contributed by atoms with Crippen molar-refractivity contribution >= 4 is 22.4 Å². The fraction of sp³-hybridized carbons (Fsp3) is 0.588. The van der Waals surface area contributed by atoms with E-state index in [1.807, 2.05) is 30.5 Å². The maximum absolute atomic E-state index is 12.6. The third kappa shape index (κ3) is 3.95. The Hall–Kier alpha value is -1.89. The zero-order chi connectivity index (χ0) is 17.1. The number of hydrogen-bond donors (Lipinski definition) is 1. The molecule has 3 heterocycles. The largest absolute Gasteiger partial charge is 0.334 e. The summed E-state index contributed by atoms with van der Waals surface area (Å²) in [5.41, 5.74) is 1.01. The number of carbonyl (C=O) groups excluding carboxylic acids is 1. The zero-order valence-electron chi connectivity index (χ0n) is 14.5. The first-order valence-corrected chi connectivity index (χ1v) is 9.34. The maximum Gasteiger partial charge on any atom is 0.322 e. The molecule has 0 atom stereocenters. The minimum atomic E-state index is -0.00672. The standard InChI is InChI=1S/C17H25N5OS/c1-12(2)10-15-16(24-13(3)19-15)20-17(23)21-7-4-14(5-8-21)22-9-6-18-11-22/h6,9,11-12,14H,4-5,7-8,10H2,1-3H3,(H,20,23). The van der Waals surface area contributed by atoms with Crippen LogP contribution >= 0.6 is 11.3 Å². The average Bonchev–Trinajstić information content (AvgIpc) is 3.17. The summed E-state index contributed by atoms with van der Waals surface area (Å²) in [7, 11) is 0. The Bertz CT molecular complexity index is 671. The molecule has 7 heteroatoms. The van der Waals surface area contributed by atoms with E-state index in [0.29, 0.717) is 12.0 Å². The van der Waals surface area contributed by atoms with Gasteiger partial charge in [0.15, 0.2) is 0 Å². The van der Waals surface area contributed by atoms with Crippen molar-refractivity contribution in [2.24, 2.45) is 5.92 Å². The van der Waals surface area contributed by atoms with E-state index in [9.17, 15) is 4.79 Å². The highest BCUT2D eigenvalue weighted by molar-refractivity contribution is 7.16. The number of rotatable bonds is 4. The summed E-state index contributed by atoms with van der Waals surface area (Å²) >= 11 is 1.57. The molecule has 1 aliphatic rings. The van der Waals surface area contributed by atoms with Crippen molar-refractivity contribution in [3.05, 3.63) is 29.4 Å². The number of amides is 2. The molecule has 1 saturated heterocycles. The molecule has 2 amide bonds. The van der Waals surface area contributed by atoms with Crippen LogP contribution in [0.4, 0.5) is 9.80 Å². The number of imidazole rings is 1. The summed E-state index contributed by atoms with van der Waals surface area (Å²) in [6.07, 6.45) is 8.48. The number of hydrogen-bond acceptors (Lipinski definition) is 4. The summed E-state index contributed by atoms with van der Waals surface area (Å²) in [4.78, 5) is 23.2. The SMILES string of the molecule is Cc1nc(CC(C)C)c(NC(=O)N2CCC(n3ccnc3)CC2)s1. The lowest BCUT2D eigenvalue weighted by Gasteiger charge is -2.32. The highest BCUT2D eigenvalue weighted by atomic mass is 32.1. The topological polar surface area (TPSA) is 63.1 Å². The number of aryl methyl sites for hydroxylation is 1. The van der Waals surface area contributed by atoms with Crippen LogP contribution in [0, 0.1) is 12.8 Å². The van der Waals surface area contributed by atoms with Gasteiger partial charge < -0.3 is 9.47 Å². The normalized spacial score (nSPS) is 15.9. The molecule has 3 rings (SSSR count). The molecule has 2 aromatic rings. The van der Waals surface area contributed by atoms with E-state index in [2.05, 4.69) is 33.7 Å². The molecule has 24 heavy (non-hydrogen) atoms. The number of nitrogens with one attached hydrogen (secondary N) is 1. The molecular formula is C17H25N5OS. The number of aromatic nitrogens is 3. The number of thiazole rings is 1. The Labute approximate surface area is 146 Å². The van der Waals surface area contributed by atoms with Crippen molar-refractivity contribution in [2.75, 3.05) is 18.4 Å². The first-order chi connectivity index (χ1) is 11.5. The van der Waals surface area contributed by atoms with Crippen molar-refractivity contribution in [1.29, 1.82) is 0 Å². The van der Waals surface area contributed by atoms with E-state index in [1.54, 1.807) is 11.3 Å². The number of nitrogens with zero attached hydrogens (tertiary/aromatic N) is 4. The quantitative estimate of drug-likeness (QED) is 0.917. The molecule has 0 saturated carbocycles. The molecule has 0 radical (unpaired) electrons. The highest BCUT2D eigenvalue weighted by Gasteiger charge is 2.24. The minimum absolute atomic E-state index is 0.00672. The van der Waals surface area contributed by atoms with E-state index in [1.165, 1.54) is 0 Å². The van der Waals surface area contributed by atoms with Gasteiger partial charge in [-0.15, -0.1) is 11.3 Å². The second-order valence-corrected chi connectivity index (χ2v) is 7.97. The van der Waals surface area contributed by atoms with Crippen LogP contribution in [-0.4, -0.2) is 38.6 Å². The van der Waals surface area contributed by atoms with Crippen LogP contribution < -0.4 is 5.32 Å². The van der Waals surface area contributed by atoms with Gasteiger partial charge >= 0.3 is 6.03 Å². The lowest BCUT2D eigenvalue weighted by Crippen LogP contribution is -2.41. The molecular weight excluding hydrogens is 322 g/mol. The van der Waals surface area contributed by atoms with Crippen LogP contribution in [0.15, 0.2) is 18.7 Å². The highest BCUT2D eigenvalue weighted by Crippen LogP contribution is 2.28. The molecule has 1 fully saturated rings. The second-order valence-electron chi connectivity index (χ2n) is 6.76. The Morgan fingerprint density at radius 2 is 2.17 bits per heavy atom. The lowest BCUT2D eigenvalue weighted by atomic mass is 10.1. The van der Waals surface area contributed by atoms with Gasteiger partial charge in [0.1, 0.15) is 5.00 Å². The molecule has 0 aliphatic carbocycles. The van der Waals surface area contributed by atoms with Crippen molar-refractivity contribution in [3.8, 4) is 0 Å². The Morgan fingerprint density at radius 1 is 1.42 bits per heavy atom. The first-order valence-electron chi connectivity index (χ1n) is 8.52. The summed E-state index contributed by atoms with van der Waals surface area (Å²) in [5, 5.41) is 4.99. The van der Waals surface area contributed by atoms with Crippen LogP contribution in [0.1, 0.15) is 43.4 Å². The van der Waals surface area contributed by atoms with Crippen molar-refractivity contribution < 1.29 is 4.79 Å². The predicted octanol–water partition coefficient (Wildman–Crippen LogP) is 3.72. The van der Waals surface area contributed by atoms with Gasteiger partial charge in [-0.3, -0.25) is 5.32 Å². The molecule has 0 aromatic carbocycles. The van der Waals surface area contributed by atoms with Crippen LogP contribution in [-0.2, 0) is 6.42 Å². The summed E-state index contributed by atoms with van der Waals surface area (Å²) < 4.78 is 2.14. The summed E-state index contributed by atoms with van der Waals surface area (Å²) in [6.45, 7) is 7.86. The van der Waals surface area contributed by atoms with Crippen LogP contribution in [0.25, 0.3) is 0 Å². The zero-order valence-corrected chi connectivity index (χ0v) is 15.3. The number of carbonyl (C=O) groups is 1. The van der Waals surface area contributed by atoms with Crippen molar-refractivity contribution in [1.82, 2.24) is 19.4 Å². The maximum atomic E-state index is 12.6. The smallest absolute Gasteiger partial charge is 0.322 e. The van der Waals surface area contributed by atoms with Crippen LogP contribution in [0.3, 0.4) is 0 Å². The Balaban J connectivity index is 1.58. The number of piperidine rings is 1. The number of likely N-dealkylation sites (tertiary alicyclic amines) is 1. The fourth-order valence-corrected chi connectivity index (χ4v) is 3.96. The first kappa shape index (κ1) is 17.0. The fourth-order valence-electron chi connectivity index (χ4n) is 3.12. The Kier molecular flexibility index (Phi) is 5.18. The van der Waals surface area contributed by atoms with Gasteiger partial charge in [-0.1, -0.05) is 13.8 Å². The molecule has 1 aliphatic heterocycles. The minimum Gasteiger partial charge on any atom is -0.334 e. The second kappa shape index (κ2) is 7.34. The van der Waals surface area contributed by atoms with E-state index >= 15 is 0 Å². The van der Waals surface area contributed by atoms with E-state index in [0.717, 1.165) is 48.1 Å². The molecule has 130 valence electrons. The van der Waals surface area contributed by atoms with Gasteiger partial charge in [0.25, 0.3) is 0 Å². The van der Waals surface area contributed by atoms with E-state index in [4.69, 9.17) is 0 Å². The van der Waals surface area contributed by atoms with E-state index < -0.39 is 0 Å². The molecule has 0 bridgehead atoms.